The number of hydrogen-bond acceptors (Lipinski definition) is 4. The summed E-state index contributed by atoms with van der Waals surface area (Å²) in [6.45, 7) is 1.90. The van der Waals surface area contributed by atoms with Gasteiger partial charge < -0.3 is 5.32 Å². The summed E-state index contributed by atoms with van der Waals surface area (Å²) in [5.41, 5.74) is 2.02. The summed E-state index contributed by atoms with van der Waals surface area (Å²) in [4.78, 5) is 12.3. The second kappa shape index (κ2) is 7.93. The third-order valence-corrected chi connectivity index (χ3v) is 5.83. The number of carbonyl (C=O) groups is 1. The average molecular weight is 417 g/mol. The minimum Gasteiger partial charge on any atom is -0.325 e. The highest BCUT2D eigenvalue weighted by molar-refractivity contribution is 7.99. The smallest absolute Gasteiger partial charge is 0.234 e. The van der Waals surface area contributed by atoms with Crippen molar-refractivity contribution in [3.05, 3.63) is 58.9 Å². The number of nitrogens with zero attached hydrogens (tertiary/aromatic N) is 3. The number of hydrogen-bond donors (Lipinski definition) is 1. The maximum absolute atomic E-state index is 14.2. The molecule has 8 heteroatoms. The lowest BCUT2D eigenvalue weighted by atomic mass is 10.2. The largest absolute Gasteiger partial charge is 0.325 e. The molecule has 144 valence electrons. The zero-order chi connectivity index (χ0) is 19.7. The molecule has 1 N–H and O–H groups in total. The summed E-state index contributed by atoms with van der Waals surface area (Å²) in [5, 5.41) is 12.5. The number of halogens is 2. The van der Waals surface area contributed by atoms with E-state index in [1.807, 2.05) is 23.6 Å². The molecule has 0 unspecified atom stereocenters. The molecule has 4 rings (SSSR count). The Bertz CT molecular complexity index is 1030. The summed E-state index contributed by atoms with van der Waals surface area (Å²) >= 11 is 7.39. The van der Waals surface area contributed by atoms with Crippen LogP contribution in [0.15, 0.2) is 47.6 Å². The van der Waals surface area contributed by atoms with Crippen molar-refractivity contribution >= 4 is 35.0 Å². The van der Waals surface area contributed by atoms with Crippen LogP contribution in [-0.4, -0.2) is 26.4 Å². The molecule has 1 aliphatic rings. The van der Waals surface area contributed by atoms with Crippen LogP contribution in [0, 0.1) is 12.7 Å². The Morgan fingerprint density at radius 2 is 2.07 bits per heavy atom. The van der Waals surface area contributed by atoms with Crippen molar-refractivity contribution in [2.24, 2.45) is 0 Å². The summed E-state index contributed by atoms with van der Waals surface area (Å²) in [7, 11) is 0. The Morgan fingerprint density at radius 3 is 2.79 bits per heavy atom. The molecule has 5 nitrogen and oxygen atoms in total. The molecule has 0 aliphatic heterocycles. The fraction of sp³-hybridized carbons (Fsp3) is 0.250. The number of nitrogens with one attached hydrogen (secondary N) is 1. The van der Waals surface area contributed by atoms with Crippen LogP contribution in [0.3, 0.4) is 0 Å². The summed E-state index contributed by atoms with van der Waals surface area (Å²) in [6, 6.07) is 12.2. The van der Waals surface area contributed by atoms with Crippen molar-refractivity contribution in [2.45, 2.75) is 31.0 Å². The lowest BCUT2D eigenvalue weighted by Gasteiger charge is -2.10. The van der Waals surface area contributed by atoms with E-state index in [0.29, 0.717) is 27.3 Å². The van der Waals surface area contributed by atoms with Crippen molar-refractivity contribution in [3.8, 4) is 11.4 Å². The topological polar surface area (TPSA) is 59.8 Å². The van der Waals surface area contributed by atoms with Crippen LogP contribution < -0.4 is 5.32 Å². The summed E-state index contributed by atoms with van der Waals surface area (Å²) in [6.07, 6.45) is 2.00. The van der Waals surface area contributed by atoms with Gasteiger partial charge in [-0.25, -0.2) is 4.39 Å². The number of amides is 1. The van der Waals surface area contributed by atoms with Crippen molar-refractivity contribution in [3.63, 3.8) is 0 Å². The monoisotopic (exact) mass is 416 g/mol. The fourth-order valence-electron chi connectivity index (χ4n) is 2.86. The van der Waals surface area contributed by atoms with Crippen LogP contribution in [0.4, 0.5) is 10.1 Å². The molecule has 28 heavy (non-hydrogen) atoms. The van der Waals surface area contributed by atoms with Gasteiger partial charge in [0, 0.05) is 16.8 Å². The molecule has 2 aromatic carbocycles. The highest BCUT2D eigenvalue weighted by atomic mass is 35.5. The molecule has 1 aliphatic carbocycles. The number of rotatable bonds is 6. The van der Waals surface area contributed by atoms with Gasteiger partial charge in [0.1, 0.15) is 5.82 Å². The molecule has 0 bridgehead atoms. The van der Waals surface area contributed by atoms with E-state index in [2.05, 4.69) is 15.5 Å². The van der Waals surface area contributed by atoms with Gasteiger partial charge in [0.2, 0.25) is 5.91 Å². The van der Waals surface area contributed by atoms with Crippen LogP contribution in [0.1, 0.15) is 24.4 Å². The van der Waals surface area contributed by atoms with Crippen molar-refractivity contribution < 1.29 is 9.18 Å². The number of benzene rings is 2. The molecule has 0 atom stereocenters. The predicted molar refractivity (Wildman–Crippen MR) is 109 cm³/mol. The number of carbonyl (C=O) groups excluding carboxylic acids is 1. The average Bonchev–Trinajstić information content (AvgIpc) is 3.43. The lowest BCUT2D eigenvalue weighted by Crippen LogP contribution is -2.14. The van der Waals surface area contributed by atoms with E-state index in [9.17, 15) is 9.18 Å². The first-order chi connectivity index (χ1) is 13.5. The van der Waals surface area contributed by atoms with Gasteiger partial charge in [-0.3, -0.25) is 9.36 Å². The molecule has 1 heterocycles. The van der Waals surface area contributed by atoms with Crippen LogP contribution in [0.2, 0.25) is 5.02 Å². The maximum atomic E-state index is 14.2. The van der Waals surface area contributed by atoms with Gasteiger partial charge in [0.15, 0.2) is 11.0 Å². The molecule has 1 aromatic heterocycles. The van der Waals surface area contributed by atoms with E-state index in [1.165, 1.54) is 17.8 Å². The number of anilines is 1. The van der Waals surface area contributed by atoms with E-state index < -0.39 is 0 Å². The Labute approximate surface area is 171 Å². The van der Waals surface area contributed by atoms with E-state index in [-0.39, 0.29) is 23.5 Å². The first-order valence-corrected chi connectivity index (χ1v) is 10.3. The van der Waals surface area contributed by atoms with Gasteiger partial charge >= 0.3 is 0 Å². The predicted octanol–water partition coefficient (Wildman–Crippen LogP) is 5.11. The van der Waals surface area contributed by atoms with Gasteiger partial charge in [-0.15, -0.1) is 10.2 Å². The molecule has 1 amide bonds. The molecule has 1 fully saturated rings. The van der Waals surface area contributed by atoms with Crippen LogP contribution >= 0.6 is 23.4 Å². The van der Waals surface area contributed by atoms with Crippen molar-refractivity contribution in [1.82, 2.24) is 14.8 Å². The quantitative estimate of drug-likeness (QED) is 0.567. The molecular formula is C20H18ClFN4OS. The standard InChI is InChI=1S/C20H18ClFN4OS/c1-12-6-7-13(10-16(12)21)23-18(27)11-28-20-25-24-19(26(20)14-8-9-14)15-4-2-3-5-17(15)22/h2-7,10,14H,8-9,11H2,1H3,(H,23,27). The lowest BCUT2D eigenvalue weighted by molar-refractivity contribution is -0.113. The Balaban J connectivity index is 1.48. The third-order valence-electron chi connectivity index (χ3n) is 4.48. The normalized spacial score (nSPS) is 13.5. The Morgan fingerprint density at radius 1 is 1.29 bits per heavy atom. The zero-order valence-electron chi connectivity index (χ0n) is 15.2. The zero-order valence-corrected chi connectivity index (χ0v) is 16.7. The van der Waals surface area contributed by atoms with Crippen LogP contribution in [0.5, 0.6) is 0 Å². The third kappa shape index (κ3) is 4.05. The fourth-order valence-corrected chi connectivity index (χ4v) is 3.85. The molecule has 0 spiro atoms. The number of aryl methyl sites for hydroxylation is 1. The van der Waals surface area contributed by atoms with E-state index in [1.54, 1.807) is 24.3 Å². The second-order valence-corrected chi connectivity index (χ2v) is 8.04. The summed E-state index contributed by atoms with van der Waals surface area (Å²) in [5.74, 6) is 0.187. The molecular weight excluding hydrogens is 399 g/mol. The van der Waals surface area contributed by atoms with Crippen LogP contribution in [-0.2, 0) is 4.79 Å². The highest BCUT2D eigenvalue weighted by Gasteiger charge is 2.31. The molecule has 3 aromatic rings. The number of thioether (sulfide) groups is 1. The first kappa shape index (κ1) is 19.0. The van der Waals surface area contributed by atoms with E-state index in [0.717, 1.165) is 18.4 Å². The summed E-state index contributed by atoms with van der Waals surface area (Å²) < 4.78 is 16.1. The molecule has 1 saturated carbocycles. The van der Waals surface area contributed by atoms with Crippen molar-refractivity contribution in [1.29, 1.82) is 0 Å². The molecule has 0 saturated heterocycles. The second-order valence-electron chi connectivity index (χ2n) is 6.69. The SMILES string of the molecule is Cc1ccc(NC(=O)CSc2nnc(-c3ccccc3F)n2C2CC2)cc1Cl. The van der Waals surface area contributed by atoms with Crippen molar-refractivity contribution in [2.75, 3.05) is 11.1 Å². The van der Waals surface area contributed by atoms with Gasteiger partial charge in [0.05, 0.1) is 11.3 Å². The highest BCUT2D eigenvalue weighted by Crippen LogP contribution is 2.41. The maximum Gasteiger partial charge on any atom is 0.234 e. The Kier molecular flexibility index (Phi) is 5.37. The molecule has 0 radical (unpaired) electrons. The van der Waals surface area contributed by atoms with Gasteiger partial charge in [-0.05, 0) is 49.6 Å². The van der Waals surface area contributed by atoms with E-state index >= 15 is 0 Å². The van der Waals surface area contributed by atoms with Gasteiger partial charge in [-0.1, -0.05) is 41.6 Å². The van der Waals surface area contributed by atoms with Crippen LogP contribution in [0.25, 0.3) is 11.4 Å². The first-order valence-electron chi connectivity index (χ1n) is 8.91. The van der Waals surface area contributed by atoms with Gasteiger partial charge in [-0.2, -0.15) is 0 Å². The Hall–Kier alpha value is -2.38. The van der Waals surface area contributed by atoms with E-state index in [4.69, 9.17) is 11.6 Å². The minimum atomic E-state index is -0.331. The van der Waals surface area contributed by atoms with Gasteiger partial charge in [0.25, 0.3) is 0 Å². The minimum absolute atomic E-state index is 0.164. The number of aromatic nitrogens is 3.